The van der Waals surface area contributed by atoms with Gasteiger partial charge < -0.3 is 4.52 Å². The van der Waals surface area contributed by atoms with Crippen LogP contribution in [-0.2, 0) is 16.2 Å². The molecular formula is C18H14F4N2O3S. The van der Waals surface area contributed by atoms with E-state index in [1.54, 1.807) is 0 Å². The molecule has 1 N–H and O–H groups in total. The van der Waals surface area contributed by atoms with E-state index in [9.17, 15) is 26.0 Å². The van der Waals surface area contributed by atoms with Crippen molar-refractivity contribution in [2.75, 3.05) is 4.72 Å². The molecule has 0 radical (unpaired) electrons. The number of hydrogen-bond donors (Lipinski definition) is 1. The molecule has 0 bridgehead atoms. The first-order chi connectivity index (χ1) is 13.0. The van der Waals surface area contributed by atoms with Crippen LogP contribution in [0.2, 0.25) is 0 Å². The van der Waals surface area contributed by atoms with Crippen molar-refractivity contribution in [2.45, 2.75) is 24.9 Å². The Morgan fingerprint density at radius 1 is 1.00 bits per heavy atom. The number of rotatable bonds is 4. The topological polar surface area (TPSA) is 72.2 Å². The molecule has 0 unspecified atom stereocenters. The molecule has 0 aliphatic carbocycles. The minimum Gasteiger partial charge on any atom is -0.351 e. The van der Waals surface area contributed by atoms with Gasteiger partial charge in [0, 0.05) is 11.6 Å². The summed E-state index contributed by atoms with van der Waals surface area (Å²) in [6.07, 6.45) is -4.71. The summed E-state index contributed by atoms with van der Waals surface area (Å²) in [5.74, 6) is -1.87. The third-order valence-electron chi connectivity index (χ3n) is 3.99. The van der Waals surface area contributed by atoms with Crippen molar-refractivity contribution >= 4 is 15.7 Å². The van der Waals surface area contributed by atoms with Gasteiger partial charge in [-0.15, -0.1) is 0 Å². The van der Waals surface area contributed by atoms with Gasteiger partial charge in [-0.1, -0.05) is 23.4 Å². The molecule has 0 aliphatic heterocycles. The van der Waals surface area contributed by atoms with Crippen LogP contribution in [0.3, 0.4) is 0 Å². The molecule has 28 heavy (non-hydrogen) atoms. The molecule has 3 aromatic rings. The lowest BCUT2D eigenvalue weighted by Crippen LogP contribution is -2.14. The maximum absolute atomic E-state index is 13.7. The average molecular weight is 414 g/mol. The van der Waals surface area contributed by atoms with Crippen LogP contribution in [0.4, 0.5) is 23.2 Å². The van der Waals surface area contributed by atoms with Crippen molar-refractivity contribution < 1.29 is 30.5 Å². The number of hydrogen-bond acceptors (Lipinski definition) is 4. The normalized spacial score (nSPS) is 12.2. The fraction of sp³-hybridized carbons (Fsp3) is 0.167. The van der Waals surface area contributed by atoms with Gasteiger partial charge in [0.1, 0.15) is 11.5 Å². The number of alkyl halides is 3. The second-order valence-corrected chi connectivity index (χ2v) is 7.77. The van der Waals surface area contributed by atoms with Crippen LogP contribution < -0.4 is 4.72 Å². The Morgan fingerprint density at radius 2 is 1.68 bits per heavy atom. The highest BCUT2D eigenvalue weighted by molar-refractivity contribution is 7.92. The van der Waals surface area contributed by atoms with E-state index in [1.165, 1.54) is 44.2 Å². The predicted octanol–water partition coefficient (Wildman–Crippen LogP) is 4.92. The van der Waals surface area contributed by atoms with Crippen LogP contribution >= 0.6 is 0 Å². The zero-order chi connectivity index (χ0) is 20.7. The molecule has 0 atom stereocenters. The van der Waals surface area contributed by atoms with E-state index in [0.717, 1.165) is 6.07 Å². The van der Waals surface area contributed by atoms with Gasteiger partial charge in [-0.3, -0.25) is 4.72 Å². The highest BCUT2D eigenvalue weighted by Crippen LogP contribution is 2.33. The fourth-order valence-corrected chi connectivity index (χ4v) is 3.78. The lowest BCUT2D eigenvalue weighted by Gasteiger charge is -2.12. The summed E-state index contributed by atoms with van der Waals surface area (Å²) in [7, 11) is -4.12. The third-order valence-corrected chi connectivity index (χ3v) is 5.51. The van der Waals surface area contributed by atoms with Crippen LogP contribution in [0.15, 0.2) is 51.9 Å². The van der Waals surface area contributed by atoms with E-state index in [0.29, 0.717) is 17.2 Å². The summed E-state index contributed by atoms with van der Waals surface area (Å²) >= 11 is 0. The molecule has 1 heterocycles. The number of nitrogens with one attached hydrogen (secondary N) is 1. The summed E-state index contributed by atoms with van der Waals surface area (Å²) in [6, 6.07) is 8.59. The first-order valence-electron chi connectivity index (χ1n) is 7.91. The summed E-state index contributed by atoms with van der Waals surface area (Å²) in [5, 5.41) is 3.35. The number of aromatic nitrogens is 1. The van der Waals surface area contributed by atoms with Crippen molar-refractivity contribution in [3.63, 3.8) is 0 Å². The zero-order valence-corrected chi connectivity index (χ0v) is 15.5. The van der Waals surface area contributed by atoms with Gasteiger partial charge in [-0.05, 0) is 43.2 Å². The van der Waals surface area contributed by atoms with Crippen molar-refractivity contribution in [2.24, 2.45) is 0 Å². The lowest BCUT2D eigenvalue weighted by molar-refractivity contribution is -0.155. The quantitative estimate of drug-likeness (QED) is 0.616. The van der Waals surface area contributed by atoms with Gasteiger partial charge in [0.15, 0.2) is 0 Å². The molecule has 0 amide bonds. The highest BCUT2D eigenvalue weighted by Gasteiger charge is 2.36. The first kappa shape index (κ1) is 19.9. The first-order valence-corrected chi connectivity index (χ1v) is 9.39. The molecule has 0 aliphatic rings. The van der Waals surface area contributed by atoms with E-state index in [-0.39, 0.29) is 21.8 Å². The van der Waals surface area contributed by atoms with Gasteiger partial charge in [-0.25, -0.2) is 12.8 Å². The van der Waals surface area contributed by atoms with Gasteiger partial charge in [0.25, 0.3) is 10.0 Å². The molecule has 0 saturated heterocycles. The standard InChI is InChI=1S/C18H14F4N2O3S/c1-10-4-6-13(8-14(10)19)24-28(25,26)16-7-12(5-3-11(16)2)15-9-17(27-23-15)18(20,21)22/h3-9,24H,1-2H3. The molecule has 0 fully saturated rings. The molecule has 5 nitrogen and oxygen atoms in total. The number of aryl methyl sites for hydroxylation is 2. The number of halogens is 4. The molecule has 3 rings (SSSR count). The Hall–Kier alpha value is -2.88. The second kappa shape index (κ2) is 6.93. The van der Waals surface area contributed by atoms with Crippen LogP contribution in [0.25, 0.3) is 11.3 Å². The van der Waals surface area contributed by atoms with Crippen molar-refractivity contribution in [1.82, 2.24) is 5.16 Å². The van der Waals surface area contributed by atoms with E-state index < -0.39 is 27.8 Å². The van der Waals surface area contributed by atoms with E-state index in [4.69, 9.17) is 0 Å². The van der Waals surface area contributed by atoms with Crippen LogP contribution in [0, 0.1) is 19.7 Å². The summed E-state index contributed by atoms with van der Waals surface area (Å²) in [5.41, 5.74) is 0.690. The zero-order valence-electron chi connectivity index (χ0n) is 14.6. The minimum atomic E-state index is -4.71. The minimum absolute atomic E-state index is 0.0219. The molecule has 148 valence electrons. The van der Waals surface area contributed by atoms with E-state index in [1.807, 2.05) is 0 Å². The Kier molecular flexibility index (Phi) is 4.92. The van der Waals surface area contributed by atoms with Crippen molar-refractivity contribution in [3.05, 3.63) is 65.2 Å². The van der Waals surface area contributed by atoms with Gasteiger partial charge in [0.05, 0.1) is 10.6 Å². The van der Waals surface area contributed by atoms with Gasteiger partial charge >= 0.3 is 6.18 Å². The van der Waals surface area contributed by atoms with Crippen LogP contribution in [0.1, 0.15) is 16.9 Å². The van der Waals surface area contributed by atoms with Gasteiger partial charge in [0.2, 0.25) is 5.76 Å². The number of sulfonamides is 1. The fourth-order valence-electron chi connectivity index (χ4n) is 2.46. The molecule has 0 spiro atoms. The lowest BCUT2D eigenvalue weighted by atomic mass is 10.1. The van der Waals surface area contributed by atoms with Crippen LogP contribution in [-0.4, -0.2) is 13.6 Å². The molecular weight excluding hydrogens is 400 g/mol. The van der Waals surface area contributed by atoms with E-state index >= 15 is 0 Å². The second-order valence-electron chi connectivity index (χ2n) is 6.12. The predicted molar refractivity (Wildman–Crippen MR) is 93.6 cm³/mol. The monoisotopic (exact) mass is 414 g/mol. The Bertz CT molecular complexity index is 1140. The molecule has 1 aromatic heterocycles. The number of anilines is 1. The average Bonchev–Trinajstić information content (AvgIpc) is 3.08. The van der Waals surface area contributed by atoms with E-state index in [2.05, 4.69) is 14.4 Å². The number of benzene rings is 2. The van der Waals surface area contributed by atoms with Crippen molar-refractivity contribution in [3.8, 4) is 11.3 Å². The summed E-state index contributed by atoms with van der Waals surface area (Å²) in [4.78, 5) is -0.178. The Balaban J connectivity index is 1.98. The van der Waals surface area contributed by atoms with Crippen LogP contribution in [0.5, 0.6) is 0 Å². The highest BCUT2D eigenvalue weighted by atomic mass is 32.2. The molecule has 10 heteroatoms. The molecule has 0 saturated carbocycles. The maximum Gasteiger partial charge on any atom is 0.452 e. The SMILES string of the molecule is Cc1ccc(NS(=O)(=O)c2cc(-c3cc(C(F)(F)F)on3)ccc2C)cc1F. The van der Waals surface area contributed by atoms with Gasteiger partial charge in [-0.2, -0.15) is 13.2 Å². The largest absolute Gasteiger partial charge is 0.452 e. The Labute approximate surface area is 158 Å². The maximum atomic E-state index is 13.7. The summed E-state index contributed by atoms with van der Waals surface area (Å²) < 4.78 is 83.7. The summed E-state index contributed by atoms with van der Waals surface area (Å²) in [6.45, 7) is 3.06. The Morgan fingerprint density at radius 3 is 2.29 bits per heavy atom. The number of nitrogens with zero attached hydrogens (tertiary/aromatic N) is 1. The smallest absolute Gasteiger partial charge is 0.351 e. The molecule has 2 aromatic carbocycles. The van der Waals surface area contributed by atoms with Crippen molar-refractivity contribution in [1.29, 1.82) is 0 Å². The third kappa shape index (κ3) is 4.01.